The van der Waals surface area contributed by atoms with Crippen molar-refractivity contribution in [3.8, 4) is 11.4 Å². The van der Waals surface area contributed by atoms with Crippen molar-refractivity contribution in [2.24, 2.45) is 5.73 Å². The number of hydrogen-bond donors (Lipinski definition) is 2. The van der Waals surface area contributed by atoms with E-state index in [4.69, 9.17) is 5.73 Å². The number of aromatic nitrogens is 5. The Morgan fingerprint density at radius 2 is 1.97 bits per heavy atom. The minimum Gasteiger partial charge on any atom is -0.341 e. The number of rotatable bonds is 5. The fraction of sp³-hybridized carbons (Fsp3) is 0.400. The van der Waals surface area contributed by atoms with Crippen LogP contribution in [0.15, 0.2) is 42.6 Å². The van der Waals surface area contributed by atoms with E-state index < -0.39 is 0 Å². The fourth-order valence-electron chi connectivity index (χ4n) is 3.68. The Bertz CT molecular complexity index is 916. The van der Waals surface area contributed by atoms with E-state index in [-0.39, 0.29) is 30.9 Å². The Kier molecular flexibility index (Phi) is 6.66. The lowest BCUT2D eigenvalue weighted by atomic mass is 9.94. The molecule has 0 radical (unpaired) electrons. The number of aromatic amines is 1. The first-order valence-electron chi connectivity index (χ1n) is 9.64. The number of hydrogen-bond acceptors (Lipinski definition) is 5. The van der Waals surface area contributed by atoms with Gasteiger partial charge < -0.3 is 10.6 Å². The van der Waals surface area contributed by atoms with Crippen LogP contribution in [-0.4, -0.2) is 48.9 Å². The molecule has 2 aromatic heterocycles. The van der Waals surface area contributed by atoms with E-state index >= 15 is 0 Å². The van der Waals surface area contributed by atoms with Crippen molar-refractivity contribution in [3.05, 3.63) is 54.1 Å². The number of H-pyrrole nitrogens is 1. The molecular formula is C20H26ClN7O. The van der Waals surface area contributed by atoms with Gasteiger partial charge in [0.1, 0.15) is 12.4 Å². The molecule has 154 valence electrons. The third-order valence-corrected chi connectivity index (χ3v) is 5.23. The predicted octanol–water partition coefficient (Wildman–Crippen LogP) is 2.52. The molecular weight excluding hydrogens is 390 g/mol. The molecule has 1 aliphatic heterocycles. The molecule has 3 heterocycles. The largest absolute Gasteiger partial charge is 0.341 e. The van der Waals surface area contributed by atoms with Crippen LogP contribution in [0.25, 0.3) is 11.4 Å². The van der Waals surface area contributed by atoms with Gasteiger partial charge in [0.15, 0.2) is 5.82 Å². The summed E-state index contributed by atoms with van der Waals surface area (Å²) in [6.07, 6.45) is 3.64. The maximum Gasteiger partial charge on any atom is 0.244 e. The standard InChI is InChI=1S/C20H25N7O.ClH/c1-14(21)20-23-19(16-5-3-2-4-6-16)25-27(20)13-18(28)26-11-8-15(9-12-26)17-7-10-22-24-17;/h2-7,10,14-15H,8-9,11-13,21H2,1H3,(H,22,24);1H/t14-;/m0./s1. The lowest BCUT2D eigenvalue weighted by Gasteiger charge is -2.31. The Labute approximate surface area is 175 Å². The van der Waals surface area contributed by atoms with E-state index in [1.54, 1.807) is 10.9 Å². The molecule has 0 aliphatic carbocycles. The number of nitrogens with zero attached hydrogens (tertiary/aromatic N) is 5. The van der Waals surface area contributed by atoms with Gasteiger partial charge in [0.05, 0.1) is 6.04 Å². The Morgan fingerprint density at radius 3 is 2.59 bits per heavy atom. The molecule has 1 aromatic carbocycles. The molecule has 1 aliphatic rings. The number of nitrogens with one attached hydrogen (secondary N) is 1. The smallest absolute Gasteiger partial charge is 0.244 e. The summed E-state index contributed by atoms with van der Waals surface area (Å²) in [7, 11) is 0. The van der Waals surface area contributed by atoms with Crippen molar-refractivity contribution < 1.29 is 4.79 Å². The van der Waals surface area contributed by atoms with E-state index in [2.05, 4.69) is 20.3 Å². The van der Waals surface area contributed by atoms with Crippen LogP contribution in [-0.2, 0) is 11.3 Å². The summed E-state index contributed by atoms with van der Waals surface area (Å²) in [5.74, 6) is 1.70. The highest BCUT2D eigenvalue weighted by atomic mass is 35.5. The highest BCUT2D eigenvalue weighted by molar-refractivity contribution is 5.85. The van der Waals surface area contributed by atoms with Crippen LogP contribution in [0.2, 0.25) is 0 Å². The van der Waals surface area contributed by atoms with Gasteiger partial charge in [-0.25, -0.2) is 9.67 Å². The van der Waals surface area contributed by atoms with Crippen molar-refractivity contribution in [3.63, 3.8) is 0 Å². The van der Waals surface area contributed by atoms with Crippen LogP contribution < -0.4 is 5.73 Å². The second kappa shape index (κ2) is 9.19. The summed E-state index contributed by atoms with van der Waals surface area (Å²) in [6.45, 7) is 3.48. The first-order valence-corrected chi connectivity index (χ1v) is 9.64. The van der Waals surface area contributed by atoms with Gasteiger partial charge in [-0.15, -0.1) is 12.4 Å². The number of piperidine rings is 1. The third kappa shape index (κ3) is 4.65. The number of nitrogens with two attached hydrogens (primary N) is 1. The molecule has 3 N–H and O–H groups in total. The first-order chi connectivity index (χ1) is 13.6. The van der Waals surface area contributed by atoms with E-state index in [9.17, 15) is 4.79 Å². The molecule has 0 spiro atoms. The molecule has 1 saturated heterocycles. The summed E-state index contributed by atoms with van der Waals surface area (Å²) in [5.41, 5.74) is 8.14. The molecule has 9 heteroatoms. The maximum absolute atomic E-state index is 12.9. The highest BCUT2D eigenvalue weighted by Gasteiger charge is 2.26. The molecule has 0 saturated carbocycles. The minimum absolute atomic E-state index is 0. The highest BCUT2D eigenvalue weighted by Crippen LogP contribution is 2.26. The van der Waals surface area contributed by atoms with Crippen molar-refractivity contribution in [1.82, 2.24) is 29.9 Å². The van der Waals surface area contributed by atoms with E-state index in [0.29, 0.717) is 17.6 Å². The Balaban J connectivity index is 0.00000240. The van der Waals surface area contributed by atoms with Gasteiger partial charge in [-0.3, -0.25) is 9.89 Å². The SMILES string of the molecule is C[C@H](N)c1nc(-c2ccccc2)nn1CC(=O)N1CCC(c2ccn[nH]2)CC1.Cl. The van der Waals surface area contributed by atoms with Crippen LogP contribution in [0.5, 0.6) is 0 Å². The Hall–Kier alpha value is -2.71. The average molecular weight is 416 g/mol. The second-order valence-corrected chi connectivity index (χ2v) is 7.27. The Morgan fingerprint density at radius 1 is 1.24 bits per heavy atom. The number of likely N-dealkylation sites (tertiary alicyclic amines) is 1. The van der Waals surface area contributed by atoms with Gasteiger partial charge in [0, 0.05) is 36.5 Å². The summed E-state index contributed by atoms with van der Waals surface area (Å²) in [5, 5.41) is 11.6. The van der Waals surface area contributed by atoms with Crippen molar-refractivity contribution in [2.75, 3.05) is 13.1 Å². The van der Waals surface area contributed by atoms with Crippen molar-refractivity contribution in [2.45, 2.75) is 38.3 Å². The summed E-state index contributed by atoms with van der Waals surface area (Å²) >= 11 is 0. The first kappa shape index (κ1) is 21.0. The molecule has 1 amide bonds. The number of halogens is 1. The van der Waals surface area contributed by atoms with Gasteiger partial charge in [0.2, 0.25) is 5.91 Å². The number of amides is 1. The van der Waals surface area contributed by atoms with Crippen LogP contribution in [0.3, 0.4) is 0 Å². The van der Waals surface area contributed by atoms with Gasteiger partial charge in [-0.1, -0.05) is 30.3 Å². The van der Waals surface area contributed by atoms with Gasteiger partial charge >= 0.3 is 0 Å². The van der Waals surface area contributed by atoms with Crippen LogP contribution in [0, 0.1) is 0 Å². The van der Waals surface area contributed by atoms with Crippen LogP contribution in [0.1, 0.15) is 43.2 Å². The van der Waals surface area contributed by atoms with E-state index in [0.717, 1.165) is 37.2 Å². The lowest BCUT2D eigenvalue weighted by molar-refractivity contribution is -0.133. The van der Waals surface area contributed by atoms with Gasteiger partial charge in [0.25, 0.3) is 0 Å². The number of carbonyl (C=O) groups is 1. The molecule has 1 fully saturated rings. The molecule has 0 unspecified atom stereocenters. The summed E-state index contributed by atoms with van der Waals surface area (Å²) in [4.78, 5) is 19.3. The monoisotopic (exact) mass is 415 g/mol. The van der Waals surface area contributed by atoms with Crippen LogP contribution >= 0.6 is 12.4 Å². The lowest BCUT2D eigenvalue weighted by Crippen LogP contribution is -2.40. The molecule has 1 atom stereocenters. The third-order valence-electron chi connectivity index (χ3n) is 5.23. The number of carbonyl (C=O) groups excluding carboxylic acids is 1. The van der Waals surface area contributed by atoms with Gasteiger partial charge in [-0.2, -0.15) is 10.2 Å². The van der Waals surface area contributed by atoms with Gasteiger partial charge in [-0.05, 0) is 25.8 Å². The predicted molar refractivity (Wildman–Crippen MR) is 112 cm³/mol. The normalized spacial score (nSPS) is 15.7. The van der Waals surface area contributed by atoms with E-state index in [1.807, 2.05) is 48.2 Å². The molecule has 8 nitrogen and oxygen atoms in total. The summed E-state index contributed by atoms with van der Waals surface area (Å²) < 4.78 is 1.65. The topological polar surface area (TPSA) is 106 Å². The zero-order valence-electron chi connectivity index (χ0n) is 16.4. The zero-order valence-corrected chi connectivity index (χ0v) is 17.2. The molecule has 3 aromatic rings. The van der Waals surface area contributed by atoms with E-state index in [1.165, 1.54) is 0 Å². The quantitative estimate of drug-likeness (QED) is 0.666. The summed E-state index contributed by atoms with van der Waals surface area (Å²) in [6, 6.07) is 11.4. The minimum atomic E-state index is -0.302. The average Bonchev–Trinajstić information content (AvgIpc) is 3.39. The van der Waals surface area contributed by atoms with Crippen molar-refractivity contribution in [1.29, 1.82) is 0 Å². The fourth-order valence-corrected chi connectivity index (χ4v) is 3.68. The zero-order chi connectivity index (χ0) is 19.5. The molecule has 29 heavy (non-hydrogen) atoms. The number of benzene rings is 1. The molecule has 4 rings (SSSR count). The van der Waals surface area contributed by atoms with Crippen molar-refractivity contribution >= 4 is 18.3 Å². The second-order valence-electron chi connectivity index (χ2n) is 7.27. The maximum atomic E-state index is 12.9. The van der Waals surface area contributed by atoms with Crippen LogP contribution in [0.4, 0.5) is 0 Å². The molecule has 0 bridgehead atoms.